The quantitative estimate of drug-likeness (QED) is 0.709. The summed E-state index contributed by atoms with van der Waals surface area (Å²) in [4.78, 5) is 38.1. The predicted molar refractivity (Wildman–Crippen MR) is 103 cm³/mol. The fourth-order valence-electron chi connectivity index (χ4n) is 3.48. The van der Waals surface area contributed by atoms with E-state index in [2.05, 4.69) is 5.32 Å². The molecule has 27 heavy (non-hydrogen) atoms. The Bertz CT molecular complexity index is 612. The Morgan fingerprint density at radius 3 is 2.44 bits per heavy atom. The van der Waals surface area contributed by atoms with Crippen molar-refractivity contribution in [3.05, 3.63) is 35.9 Å². The second-order valence-electron chi connectivity index (χ2n) is 7.38. The molecule has 1 aromatic carbocycles. The van der Waals surface area contributed by atoms with Crippen LogP contribution in [-0.2, 0) is 20.9 Å². The van der Waals surface area contributed by atoms with Gasteiger partial charge in [0.05, 0.1) is 6.54 Å². The van der Waals surface area contributed by atoms with Crippen LogP contribution in [0.2, 0.25) is 0 Å². The average molecular weight is 374 g/mol. The summed E-state index contributed by atoms with van der Waals surface area (Å²) in [6, 6.07) is 8.73. The van der Waals surface area contributed by atoms with Gasteiger partial charge in [0.15, 0.2) is 0 Å². The SMILES string of the molecule is CC(C)[C@H](NC(=O)OCc1ccccc1)C(=O)N(CC=O)C1CCCCC1. The number of rotatable bonds is 8. The molecule has 1 atom stereocenters. The highest BCUT2D eigenvalue weighted by Crippen LogP contribution is 2.23. The minimum atomic E-state index is -0.713. The van der Waals surface area contributed by atoms with Gasteiger partial charge >= 0.3 is 6.09 Å². The zero-order valence-corrected chi connectivity index (χ0v) is 16.2. The first-order valence-electron chi connectivity index (χ1n) is 9.74. The van der Waals surface area contributed by atoms with Crippen molar-refractivity contribution in [2.24, 2.45) is 5.92 Å². The summed E-state index contributed by atoms with van der Waals surface area (Å²) in [5.74, 6) is -0.319. The molecule has 6 heteroatoms. The van der Waals surface area contributed by atoms with E-state index in [1.165, 1.54) is 0 Å². The molecule has 1 aliphatic carbocycles. The van der Waals surface area contributed by atoms with Gasteiger partial charge in [-0.05, 0) is 24.3 Å². The predicted octanol–water partition coefficient (Wildman–Crippen LogP) is 3.30. The lowest BCUT2D eigenvalue weighted by Crippen LogP contribution is -2.54. The van der Waals surface area contributed by atoms with Crippen molar-refractivity contribution in [3.63, 3.8) is 0 Å². The topological polar surface area (TPSA) is 75.7 Å². The molecule has 1 aromatic rings. The van der Waals surface area contributed by atoms with Gasteiger partial charge in [0.2, 0.25) is 5.91 Å². The largest absolute Gasteiger partial charge is 0.445 e. The monoisotopic (exact) mass is 374 g/mol. The smallest absolute Gasteiger partial charge is 0.408 e. The van der Waals surface area contributed by atoms with Gasteiger partial charge < -0.3 is 19.7 Å². The first-order chi connectivity index (χ1) is 13.0. The minimum Gasteiger partial charge on any atom is -0.445 e. The van der Waals surface area contributed by atoms with Crippen LogP contribution in [0.3, 0.4) is 0 Å². The van der Waals surface area contributed by atoms with Crippen LogP contribution in [0.25, 0.3) is 0 Å². The number of amides is 2. The molecule has 1 aliphatic rings. The Morgan fingerprint density at radius 1 is 1.19 bits per heavy atom. The number of nitrogens with zero attached hydrogens (tertiary/aromatic N) is 1. The molecule has 0 bridgehead atoms. The molecule has 0 unspecified atom stereocenters. The van der Waals surface area contributed by atoms with Gasteiger partial charge in [-0.15, -0.1) is 0 Å². The molecule has 0 aromatic heterocycles. The fourth-order valence-corrected chi connectivity index (χ4v) is 3.48. The summed E-state index contributed by atoms with van der Waals surface area (Å²) in [6.45, 7) is 3.96. The van der Waals surface area contributed by atoms with Crippen LogP contribution in [-0.4, -0.2) is 41.8 Å². The summed E-state index contributed by atoms with van der Waals surface area (Å²) in [7, 11) is 0. The molecule has 1 fully saturated rings. The summed E-state index contributed by atoms with van der Waals surface area (Å²) < 4.78 is 5.25. The number of benzene rings is 1. The summed E-state index contributed by atoms with van der Waals surface area (Å²) in [5.41, 5.74) is 0.880. The number of carbonyl (C=O) groups is 3. The molecule has 2 amide bonds. The zero-order chi connectivity index (χ0) is 19.6. The van der Waals surface area contributed by atoms with Gasteiger partial charge in [0, 0.05) is 6.04 Å². The van der Waals surface area contributed by atoms with Gasteiger partial charge in [0.25, 0.3) is 0 Å². The second kappa shape index (κ2) is 10.7. The number of alkyl carbamates (subject to hydrolysis) is 1. The summed E-state index contributed by atoms with van der Waals surface area (Å²) in [5, 5.41) is 2.70. The van der Waals surface area contributed by atoms with E-state index in [4.69, 9.17) is 4.74 Å². The normalized spacial score (nSPS) is 15.8. The maximum atomic E-state index is 13.1. The number of aldehydes is 1. The van der Waals surface area contributed by atoms with E-state index < -0.39 is 12.1 Å². The molecule has 148 valence electrons. The van der Waals surface area contributed by atoms with E-state index in [9.17, 15) is 14.4 Å². The first-order valence-corrected chi connectivity index (χ1v) is 9.74. The molecule has 0 heterocycles. The van der Waals surface area contributed by atoms with Crippen LogP contribution in [0.4, 0.5) is 4.79 Å². The van der Waals surface area contributed by atoms with Gasteiger partial charge in [0.1, 0.15) is 18.9 Å². The second-order valence-corrected chi connectivity index (χ2v) is 7.38. The van der Waals surface area contributed by atoms with E-state index in [1.807, 2.05) is 44.2 Å². The van der Waals surface area contributed by atoms with Crippen molar-refractivity contribution in [2.75, 3.05) is 6.54 Å². The molecule has 0 aliphatic heterocycles. The number of ether oxygens (including phenoxy) is 1. The van der Waals surface area contributed by atoms with Gasteiger partial charge in [-0.25, -0.2) is 4.79 Å². The van der Waals surface area contributed by atoms with Crippen molar-refractivity contribution in [3.8, 4) is 0 Å². The molecule has 2 rings (SSSR count). The van der Waals surface area contributed by atoms with Crippen molar-refractivity contribution < 1.29 is 19.1 Å². The number of nitrogens with one attached hydrogen (secondary N) is 1. The van der Waals surface area contributed by atoms with E-state index >= 15 is 0 Å². The third-order valence-electron chi connectivity index (χ3n) is 4.99. The van der Waals surface area contributed by atoms with E-state index in [0.717, 1.165) is 44.0 Å². The Kier molecular flexibility index (Phi) is 8.30. The van der Waals surface area contributed by atoms with E-state index in [1.54, 1.807) is 4.90 Å². The molecule has 0 radical (unpaired) electrons. The van der Waals surface area contributed by atoms with Crippen molar-refractivity contribution in [1.82, 2.24) is 10.2 Å². The standard InChI is InChI=1S/C21H30N2O4/c1-16(2)19(22-21(26)27-15-17-9-5-3-6-10-17)20(25)23(13-14-24)18-11-7-4-8-12-18/h3,5-6,9-10,14,16,18-19H,4,7-8,11-13,15H2,1-2H3,(H,22,26)/t19-/m0/s1. The molecular weight excluding hydrogens is 344 g/mol. The Balaban J connectivity index is 1.99. The van der Waals surface area contributed by atoms with Crippen LogP contribution in [0, 0.1) is 5.92 Å². The Labute approximate surface area is 161 Å². The van der Waals surface area contributed by atoms with Gasteiger partial charge in [-0.3, -0.25) is 4.79 Å². The molecule has 6 nitrogen and oxygen atoms in total. The molecule has 0 spiro atoms. The summed E-state index contributed by atoms with van der Waals surface area (Å²) >= 11 is 0. The highest BCUT2D eigenvalue weighted by molar-refractivity contribution is 5.87. The molecule has 0 saturated heterocycles. The molecule has 1 N–H and O–H groups in total. The van der Waals surface area contributed by atoms with Gasteiger partial charge in [-0.1, -0.05) is 63.4 Å². The molecule has 1 saturated carbocycles. The fraction of sp³-hybridized carbons (Fsp3) is 0.571. The van der Waals surface area contributed by atoms with E-state index in [-0.39, 0.29) is 31.0 Å². The minimum absolute atomic E-state index is 0.0630. The Hall–Kier alpha value is -2.37. The van der Waals surface area contributed by atoms with Crippen LogP contribution >= 0.6 is 0 Å². The van der Waals surface area contributed by atoms with Crippen LogP contribution in [0.15, 0.2) is 30.3 Å². The van der Waals surface area contributed by atoms with E-state index in [0.29, 0.717) is 0 Å². The van der Waals surface area contributed by atoms with Crippen molar-refractivity contribution in [1.29, 1.82) is 0 Å². The number of hydrogen-bond acceptors (Lipinski definition) is 4. The lowest BCUT2D eigenvalue weighted by Gasteiger charge is -2.36. The highest BCUT2D eigenvalue weighted by atomic mass is 16.5. The lowest BCUT2D eigenvalue weighted by atomic mass is 9.92. The van der Waals surface area contributed by atoms with Crippen molar-refractivity contribution >= 4 is 18.3 Å². The maximum Gasteiger partial charge on any atom is 0.408 e. The molecular formula is C21H30N2O4. The average Bonchev–Trinajstić information content (AvgIpc) is 2.69. The van der Waals surface area contributed by atoms with Crippen LogP contribution in [0.1, 0.15) is 51.5 Å². The van der Waals surface area contributed by atoms with Crippen molar-refractivity contribution in [2.45, 2.75) is 64.6 Å². The van der Waals surface area contributed by atoms with Crippen LogP contribution in [0.5, 0.6) is 0 Å². The third kappa shape index (κ3) is 6.38. The summed E-state index contributed by atoms with van der Waals surface area (Å²) in [6.07, 6.45) is 5.24. The van der Waals surface area contributed by atoms with Gasteiger partial charge in [-0.2, -0.15) is 0 Å². The Morgan fingerprint density at radius 2 is 1.85 bits per heavy atom. The third-order valence-corrected chi connectivity index (χ3v) is 4.99. The maximum absolute atomic E-state index is 13.1. The lowest BCUT2D eigenvalue weighted by molar-refractivity contribution is -0.139. The zero-order valence-electron chi connectivity index (χ0n) is 16.2. The van der Waals surface area contributed by atoms with Crippen LogP contribution < -0.4 is 5.32 Å². The first kappa shape index (κ1) is 20.9. The number of carbonyl (C=O) groups excluding carboxylic acids is 3. The highest BCUT2D eigenvalue weighted by Gasteiger charge is 2.33. The number of hydrogen-bond donors (Lipinski definition) is 1.